The zero-order valence-electron chi connectivity index (χ0n) is 11.2. The number of hydrogen-bond donors (Lipinski definition) is 2. The van der Waals surface area contributed by atoms with E-state index in [0.29, 0.717) is 18.7 Å². The molecule has 0 radical (unpaired) electrons. The Labute approximate surface area is 122 Å². The Hall–Kier alpha value is -1.36. The lowest BCUT2D eigenvalue weighted by Crippen LogP contribution is -2.31. The lowest BCUT2D eigenvalue weighted by atomic mass is 10.2. The minimum atomic E-state index is -0.100. The highest BCUT2D eigenvalue weighted by Gasteiger charge is 2.06. The molecular formula is C14H19BrN2O2. The Kier molecular flexibility index (Phi) is 6.56. The Balaban J connectivity index is 2.23. The van der Waals surface area contributed by atoms with Crippen LogP contribution in [-0.4, -0.2) is 24.9 Å². The fraction of sp³-hybridized carbons (Fsp3) is 0.429. The molecule has 0 spiro atoms. The molecule has 0 aromatic heterocycles. The predicted octanol–water partition coefficient (Wildman–Crippen LogP) is 2.34. The predicted molar refractivity (Wildman–Crippen MR) is 78.9 cm³/mol. The first-order chi connectivity index (χ1) is 9.00. The molecule has 4 nitrogen and oxygen atoms in total. The molecule has 1 aromatic rings. The van der Waals surface area contributed by atoms with E-state index < -0.39 is 0 Å². The largest absolute Gasteiger partial charge is 0.356 e. The van der Waals surface area contributed by atoms with Gasteiger partial charge in [-0.15, -0.1) is 0 Å². The molecule has 2 N–H and O–H groups in total. The number of nitrogens with one attached hydrogen (secondary N) is 2. The maximum Gasteiger partial charge on any atom is 0.251 e. The number of amides is 2. The van der Waals surface area contributed by atoms with Gasteiger partial charge in [0.05, 0.1) is 0 Å². The lowest BCUT2D eigenvalue weighted by Gasteiger charge is -2.08. The van der Waals surface area contributed by atoms with Crippen LogP contribution in [-0.2, 0) is 4.79 Å². The molecule has 5 heteroatoms. The molecule has 0 aliphatic heterocycles. The second-order valence-corrected chi connectivity index (χ2v) is 5.48. The van der Waals surface area contributed by atoms with Crippen LogP contribution in [0, 0.1) is 5.92 Å². The summed E-state index contributed by atoms with van der Waals surface area (Å²) in [6.45, 7) is 4.83. The van der Waals surface area contributed by atoms with Crippen molar-refractivity contribution in [1.29, 1.82) is 0 Å². The Morgan fingerprint density at radius 2 is 1.89 bits per heavy atom. The van der Waals surface area contributed by atoms with Gasteiger partial charge >= 0.3 is 0 Å². The molecule has 0 unspecified atom stereocenters. The summed E-state index contributed by atoms with van der Waals surface area (Å²) in [4.78, 5) is 23.1. The molecule has 0 fully saturated rings. The first kappa shape index (κ1) is 15.7. The first-order valence-corrected chi connectivity index (χ1v) is 7.11. The molecule has 0 saturated carbocycles. The number of benzene rings is 1. The minimum absolute atomic E-state index is 0.00346. The van der Waals surface area contributed by atoms with E-state index in [1.54, 1.807) is 12.1 Å². The van der Waals surface area contributed by atoms with E-state index in [0.717, 1.165) is 10.9 Å². The summed E-state index contributed by atoms with van der Waals surface area (Å²) in [6.07, 6.45) is 0.720. The second-order valence-electron chi connectivity index (χ2n) is 4.57. The number of carbonyl (C=O) groups is 2. The van der Waals surface area contributed by atoms with E-state index in [1.807, 2.05) is 26.0 Å². The van der Waals surface area contributed by atoms with Gasteiger partial charge in [0, 0.05) is 29.0 Å². The van der Waals surface area contributed by atoms with E-state index in [2.05, 4.69) is 26.6 Å². The highest BCUT2D eigenvalue weighted by molar-refractivity contribution is 9.10. The van der Waals surface area contributed by atoms with Crippen molar-refractivity contribution in [2.45, 2.75) is 20.3 Å². The van der Waals surface area contributed by atoms with Gasteiger partial charge in [-0.2, -0.15) is 0 Å². The molecule has 2 amide bonds. The highest BCUT2D eigenvalue weighted by Crippen LogP contribution is 2.11. The van der Waals surface area contributed by atoms with Crippen molar-refractivity contribution in [3.8, 4) is 0 Å². The van der Waals surface area contributed by atoms with Crippen LogP contribution in [0.15, 0.2) is 28.7 Å². The molecule has 0 heterocycles. The molecule has 0 aliphatic carbocycles. The van der Waals surface area contributed by atoms with Gasteiger partial charge in [0.25, 0.3) is 5.91 Å². The van der Waals surface area contributed by atoms with Gasteiger partial charge in [-0.3, -0.25) is 9.59 Å². The Morgan fingerprint density at radius 1 is 1.21 bits per heavy atom. The van der Waals surface area contributed by atoms with Crippen molar-refractivity contribution in [2.75, 3.05) is 13.1 Å². The number of carbonyl (C=O) groups excluding carboxylic acids is 2. The minimum Gasteiger partial charge on any atom is -0.356 e. The molecule has 19 heavy (non-hydrogen) atoms. The number of halogens is 1. The van der Waals surface area contributed by atoms with E-state index >= 15 is 0 Å². The lowest BCUT2D eigenvalue weighted by molar-refractivity contribution is -0.123. The molecule has 0 atom stereocenters. The molecule has 1 aromatic carbocycles. The van der Waals surface area contributed by atoms with Crippen LogP contribution in [0.5, 0.6) is 0 Å². The van der Waals surface area contributed by atoms with Crippen LogP contribution in [0.2, 0.25) is 0 Å². The van der Waals surface area contributed by atoms with Crippen LogP contribution >= 0.6 is 15.9 Å². The normalized spacial score (nSPS) is 10.3. The van der Waals surface area contributed by atoms with Gasteiger partial charge in [-0.1, -0.05) is 35.8 Å². The number of hydrogen-bond acceptors (Lipinski definition) is 2. The fourth-order valence-electron chi connectivity index (χ4n) is 1.44. The molecule has 104 valence electrons. The molecule has 0 aliphatic rings. The SMILES string of the molecule is CC(C)C(=O)NCCCNC(=O)c1cccc(Br)c1. The summed E-state index contributed by atoms with van der Waals surface area (Å²) in [5.41, 5.74) is 0.626. The van der Waals surface area contributed by atoms with Crippen LogP contribution < -0.4 is 10.6 Å². The van der Waals surface area contributed by atoms with Crippen LogP contribution in [0.4, 0.5) is 0 Å². The molecular weight excluding hydrogens is 308 g/mol. The van der Waals surface area contributed by atoms with Gasteiger partial charge in [0.15, 0.2) is 0 Å². The maximum atomic E-state index is 11.8. The third kappa shape index (κ3) is 5.87. The van der Waals surface area contributed by atoms with Crippen molar-refractivity contribution in [2.24, 2.45) is 5.92 Å². The van der Waals surface area contributed by atoms with Crippen molar-refractivity contribution in [1.82, 2.24) is 10.6 Å². The summed E-state index contributed by atoms with van der Waals surface area (Å²) in [7, 11) is 0. The van der Waals surface area contributed by atoms with Gasteiger partial charge in [-0.05, 0) is 24.6 Å². The summed E-state index contributed by atoms with van der Waals surface area (Å²) in [6, 6.07) is 7.23. The quantitative estimate of drug-likeness (QED) is 0.788. The Morgan fingerprint density at radius 3 is 2.53 bits per heavy atom. The molecule has 0 saturated heterocycles. The van der Waals surface area contributed by atoms with Crippen molar-refractivity contribution in [3.63, 3.8) is 0 Å². The van der Waals surface area contributed by atoms with Gasteiger partial charge in [0.2, 0.25) is 5.91 Å². The molecule has 1 rings (SSSR count). The van der Waals surface area contributed by atoms with Crippen LogP contribution in [0.25, 0.3) is 0 Å². The van der Waals surface area contributed by atoms with Crippen LogP contribution in [0.1, 0.15) is 30.6 Å². The zero-order chi connectivity index (χ0) is 14.3. The van der Waals surface area contributed by atoms with E-state index in [1.165, 1.54) is 0 Å². The monoisotopic (exact) mass is 326 g/mol. The van der Waals surface area contributed by atoms with Crippen molar-refractivity contribution in [3.05, 3.63) is 34.3 Å². The fourth-order valence-corrected chi connectivity index (χ4v) is 1.84. The third-order valence-corrected chi connectivity index (χ3v) is 3.04. The summed E-state index contributed by atoms with van der Waals surface area (Å²) < 4.78 is 0.879. The van der Waals surface area contributed by atoms with Gasteiger partial charge < -0.3 is 10.6 Å². The standard InChI is InChI=1S/C14H19BrN2O2/c1-10(2)13(18)16-7-4-8-17-14(19)11-5-3-6-12(15)9-11/h3,5-6,9-10H,4,7-8H2,1-2H3,(H,16,18)(H,17,19). The zero-order valence-corrected chi connectivity index (χ0v) is 12.8. The average molecular weight is 327 g/mol. The Bertz CT molecular complexity index is 447. The van der Waals surface area contributed by atoms with Crippen LogP contribution in [0.3, 0.4) is 0 Å². The second kappa shape index (κ2) is 7.94. The summed E-state index contributed by atoms with van der Waals surface area (Å²) in [5, 5.41) is 5.63. The highest BCUT2D eigenvalue weighted by atomic mass is 79.9. The van der Waals surface area contributed by atoms with Crippen molar-refractivity contribution < 1.29 is 9.59 Å². The maximum absolute atomic E-state index is 11.8. The van der Waals surface area contributed by atoms with E-state index in [9.17, 15) is 9.59 Å². The van der Waals surface area contributed by atoms with Crippen molar-refractivity contribution >= 4 is 27.7 Å². The first-order valence-electron chi connectivity index (χ1n) is 6.32. The smallest absolute Gasteiger partial charge is 0.251 e. The topological polar surface area (TPSA) is 58.2 Å². The summed E-state index contributed by atoms with van der Waals surface area (Å²) in [5.74, 6) is -0.0638. The van der Waals surface area contributed by atoms with Gasteiger partial charge in [0.1, 0.15) is 0 Å². The van der Waals surface area contributed by atoms with Gasteiger partial charge in [-0.25, -0.2) is 0 Å². The number of rotatable bonds is 6. The molecule has 0 bridgehead atoms. The van der Waals surface area contributed by atoms with E-state index in [-0.39, 0.29) is 17.7 Å². The van der Waals surface area contributed by atoms with E-state index in [4.69, 9.17) is 0 Å². The third-order valence-electron chi connectivity index (χ3n) is 2.55. The summed E-state index contributed by atoms with van der Waals surface area (Å²) >= 11 is 3.33. The average Bonchev–Trinajstić information content (AvgIpc) is 2.37.